The Morgan fingerprint density at radius 3 is 2.75 bits per heavy atom. The molecule has 1 atom stereocenters. The van der Waals surface area contributed by atoms with Crippen LogP contribution in [0.1, 0.15) is 30.1 Å². The molecule has 2 aromatic heterocycles. The quantitative estimate of drug-likeness (QED) is 0.939. The second-order valence-electron chi connectivity index (χ2n) is 6.35. The maximum atomic E-state index is 12.6. The molecule has 1 amide bonds. The van der Waals surface area contributed by atoms with Crippen molar-refractivity contribution in [1.82, 2.24) is 15.0 Å². The van der Waals surface area contributed by atoms with Crippen LogP contribution < -0.4 is 10.2 Å². The SMILES string of the molecule is Cc1cccc(NC(=O)[C@@H]2CCCN(c3cc(C)nc(C)n3)C2)n1. The lowest BCUT2D eigenvalue weighted by Gasteiger charge is -2.33. The molecule has 1 N–H and O–H groups in total. The van der Waals surface area contributed by atoms with Gasteiger partial charge in [0.25, 0.3) is 0 Å². The molecule has 3 rings (SSSR count). The summed E-state index contributed by atoms with van der Waals surface area (Å²) in [6, 6.07) is 7.62. The van der Waals surface area contributed by atoms with Crippen molar-refractivity contribution < 1.29 is 4.79 Å². The van der Waals surface area contributed by atoms with Gasteiger partial charge in [-0.2, -0.15) is 0 Å². The summed E-state index contributed by atoms with van der Waals surface area (Å²) < 4.78 is 0. The van der Waals surface area contributed by atoms with E-state index in [-0.39, 0.29) is 11.8 Å². The van der Waals surface area contributed by atoms with Gasteiger partial charge in [-0.05, 0) is 45.7 Å². The smallest absolute Gasteiger partial charge is 0.230 e. The van der Waals surface area contributed by atoms with Crippen LogP contribution in [0, 0.1) is 26.7 Å². The van der Waals surface area contributed by atoms with Crippen LogP contribution in [0.4, 0.5) is 11.6 Å². The molecule has 126 valence electrons. The third-order valence-corrected chi connectivity index (χ3v) is 4.21. The van der Waals surface area contributed by atoms with E-state index in [0.717, 1.165) is 42.4 Å². The molecule has 0 radical (unpaired) electrons. The number of carbonyl (C=O) groups excluding carboxylic acids is 1. The van der Waals surface area contributed by atoms with Gasteiger partial charge in [0.05, 0.1) is 5.92 Å². The lowest BCUT2D eigenvalue weighted by atomic mass is 9.97. The number of hydrogen-bond donors (Lipinski definition) is 1. The monoisotopic (exact) mass is 325 g/mol. The minimum atomic E-state index is -0.0587. The Balaban J connectivity index is 1.69. The second kappa shape index (κ2) is 6.95. The molecule has 0 unspecified atom stereocenters. The molecule has 0 aromatic carbocycles. The lowest BCUT2D eigenvalue weighted by molar-refractivity contribution is -0.120. The Hall–Kier alpha value is -2.50. The van der Waals surface area contributed by atoms with Gasteiger partial charge in [-0.25, -0.2) is 15.0 Å². The number of hydrogen-bond acceptors (Lipinski definition) is 5. The highest BCUT2D eigenvalue weighted by atomic mass is 16.2. The average Bonchev–Trinajstić information content (AvgIpc) is 2.54. The van der Waals surface area contributed by atoms with Gasteiger partial charge < -0.3 is 10.2 Å². The summed E-state index contributed by atoms with van der Waals surface area (Å²) >= 11 is 0. The Bertz CT molecular complexity index is 726. The van der Waals surface area contributed by atoms with Crippen molar-refractivity contribution in [1.29, 1.82) is 0 Å². The summed E-state index contributed by atoms with van der Waals surface area (Å²) in [6.45, 7) is 7.37. The molecule has 3 heterocycles. The highest BCUT2D eigenvalue weighted by molar-refractivity contribution is 5.92. The number of amides is 1. The third-order valence-electron chi connectivity index (χ3n) is 4.21. The summed E-state index contributed by atoms with van der Waals surface area (Å²) in [5, 5.41) is 2.94. The van der Waals surface area contributed by atoms with Crippen molar-refractivity contribution in [3.05, 3.63) is 41.5 Å². The maximum Gasteiger partial charge on any atom is 0.230 e. The second-order valence-corrected chi connectivity index (χ2v) is 6.35. The van der Waals surface area contributed by atoms with Crippen molar-refractivity contribution >= 4 is 17.5 Å². The summed E-state index contributed by atoms with van der Waals surface area (Å²) in [4.78, 5) is 27.9. The molecule has 1 aliphatic heterocycles. The third kappa shape index (κ3) is 3.88. The first-order valence-electron chi connectivity index (χ1n) is 8.33. The van der Waals surface area contributed by atoms with Gasteiger partial charge in [-0.1, -0.05) is 6.07 Å². The zero-order valence-electron chi connectivity index (χ0n) is 14.4. The van der Waals surface area contributed by atoms with Gasteiger partial charge >= 0.3 is 0 Å². The van der Waals surface area contributed by atoms with E-state index in [1.807, 2.05) is 45.0 Å². The highest BCUT2D eigenvalue weighted by Gasteiger charge is 2.27. The average molecular weight is 325 g/mol. The van der Waals surface area contributed by atoms with Crippen LogP contribution in [0.3, 0.4) is 0 Å². The Kier molecular flexibility index (Phi) is 4.74. The van der Waals surface area contributed by atoms with Gasteiger partial charge in [-0.15, -0.1) is 0 Å². The molecular formula is C18H23N5O. The van der Waals surface area contributed by atoms with Gasteiger partial charge in [0.15, 0.2) is 0 Å². The number of rotatable bonds is 3. The van der Waals surface area contributed by atoms with E-state index in [0.29, 0.717) is 12.4 Å². The summed E-state index contributed by atoms with van der Waals surface area (Å²) in [7, 11) is 0. The van der Waals surface area contributed by atoms with E-state index in [2.05, 4.69) is 25.2 Å². The first-order valence-corrected chi connectivity index (χ1v) is 8.33. The van der Waals surface area contributed by atoms with E-state index in [1.165, 1.54) is 0 Å². The Labute approximate surface area is 142 Å². The number of pyridine rings is 1. The van der Waals surface area contributed by atoms with Crippen molar-refractivity contribution in [2.75, 3.05) is 23.3 Å². The first kappa shape index (κ1) is 16.4. The number of aryl methyl sites for hydroxylation is 3. The molecule has 1 aliphatic rings. The van der Waals surface area contributed by atoms with Crippen molar-refractivity contribution in [2.45, 2.75) is 33.6 Å². The van der Waals surface area contributed by atoms with E-state index < -0.39 is 0 Å². The van der Waals surface area contributed by atoms with E-state index in [1.54, 1.807) is 0 Å². The Morgan fingerprint density at radius 1 is 1.17 bits per heavy atom. The number of nitrogens with zero attached hydrogens (tertiary/aromatic N) is 4. The van der Waals surface area contributed by atoms with Crippen LogP contribution in [0.2, 0.25) is 0 Å². The molecule has 6 heteroatoms. The van der Waals surface area contributed by atoms with Crippen LogP contribution in [0.15, 0.2) is 24.3 Å². The normalized spacial score (nSPS) is 17.6. The summed E-state index contributed by atoms with van der Waals surface area (Å²) in [5.41, 5.74) is 1.85. The fraction of sp³-hybridized carbons (Fsp3) is 0.444. The van der Waals surface area contributed by atoms with E-state index in [9.17, 15) is 4.79 Å². The molecule has 1 saturated heterocycles. The van der Waals surface area contributed by atoms with E-state index in [4.69, 9.17) is 0 Å². The molecule has 0 aliphatic carbocycles. The number of anilines is 2. The fourth-order valence-electron chi connectivity index (χ4n) is 3.10. The lowest BCUT2D eigenvalue weighted by Crippen LogP contribution is -2.41. The standard InChI is InChI=1S/C18H23N5O/c1-12-6-4-8-16(20-12)22-18(24)15-7-5-9-23(11-15)17-10-13(2)19-14(3)21-17/h4,6,8,10,15H,5,7,9,11H2,1-3H3,(H,20,22,24)/t15-/m1/s1. The predicted octanol–water partition coefficient (Wildman–Crippen LogP) is 2.65. The number of aromatic nitrogens is 3. The molecule has 0 bridgehead atoms. The molecule has 6 nitrogen and oxygen atoms in total. The minimum Gasteiger partial charge on any atom is -0.356 e. The fourth-order valence-corrected chi connectivity index (χ4v) is 3.10. The van der Waals surface area contributed by atoms with Gasteiger partial charge in [-0.3, -0.25) is 4.79 Å². The van der Waals surface area contributed by atoms with Crippen LogP contribution in [-0.4, -0.2) is 33.9 Å². The maximum absolute atomic E-state index is 12.6. The Morgan fingerprint density at radius 2 is 2.00 bits per heavy atom. The molecule has 1 fully saturated rings. The molecule has 0 spiro atoms. The molecular weight excluding hydrogens is 302 g/mol. The minimum absolute atomic E-state index is 0.0281. The van der Waals surface area contributed by atoms with Gasteiger partial charge in [0, 0.05) is 30.5 Å². The number of carbonyl (C=O) groups is 1. The summed E-state index contributed by atoms with van der Waals surface area (Å²) in [6.07, 6.45) is 1.86. The topological polar surface area (TPSA) is 71.0 Å². The van der Waals surface area contributed by atoms with E-state index >= 15 is 0 Å². The molecule has 2 aromatic rings. The van der Waals surface area contributed by atoms with Crippen molar-refractivity contribution in [2.24, 2.45) is 5.92 Å². The predicted molar refractivity (Wildman–Crippen MR) is 94.0 cm³/mol. The number of nitrogens with one attached hydrogen (secondary N) is 1. The van der Waals surface area contributed by atoms with Crippen LogP contribution in [0.25, 0.3) is 0 Å². The van der Waals surface area contributed by atoms with Gasteiger partial charge in [0.2, 0.25) is 5.91 Å². The van der Waals surface area contributed by atoms with Crippen LogP contribution in [0.5, 0.6) is 0 Å². The zero-order valence-corrected chi connectivity index (χ0v) is 14.4. The van der Waals surface area contributed by atoms with Crippen molar-refractivity contribution in [3.63, 3.8) is 0 Å². The molecule has 24 heavy (non-hydrogen) atoms. The van der Waals surface area contributed by atoms with Crippen LogP contribution >= 0.6 is 0 Å². The van der Waals surface area contributed by atoms with Gasteiger partial charge in [0.1, 0.15) is 17.5 Å². The van der Waals surface area contributed by atoms with Crippen LogP contribution in [-0.2, 0) is 4.79 Å². The first-order chi connectivity index (χ1) is 11.5. The largest absolute Gasteiger partial charge is 0.356 e. The number of piperidine rings is 1. The zero-order chi connectivity index (χ0) is 17.1. The van der Waals surface area contributed by atoms with Crippen molar-refractivity contribution in [3.8, 4) is 0 Å². The summed E-state index contributed by atoms with van der Waals surface area (Å²) in [5.74, 6) is 2.26. The molecule has 0 saturated carbocycles. The highest BCUT2D eigenvalue weighted by Crippen LogP contribution is 2.23.